The Morgan fingerprint density at radius 3 is 2.28 bits per heavy atom. The van der Waals surface area contributed by atoms with Gasteiger partial charge in [0.05, 0.1) is 0 Å². The second kappa shape index (κ2) is 4.59. The van der Waals surface area contributed by atoms with Crippen LogP contribution in [0.15, 0.2) is 12.2 Å². The molecule has 18 heavy (non-hydrogen) atoms. The number of halogens is 3. The lowest BCUT2D eigenvalue weighted by molar-refractivity contribution is -0.262. The predicted molar refractivity (Wildman–Crippen MR) is 61.9 cm³/mol. The van der Waals surface area contributed by atoms with Crippen molar-refractivity contribution in [2.75, 3.05) is 0 Å². The van der Waals surface area contributed by atoms with Crippen LogP contribution in [-0.2, 0) is 9.53 Å². The summed E-state index contributed by atoms with van der Waals surface area (Å²) in [5, 5.41) is 0. The number of carbonyl (C=O) groups excluding carboxylic acids is 1. The highest BCUT2D eigenvalue weighted by Crippen LogP contribution is 2.52. The highest BCUT2D eigenvalue weighted by atomic mass is 19.4. The lowest BCUT2D eigenvalue weighted by Crippen LogP contribution is -2.45. The van der Waals surface area contributed by atoms with Gasteiger partial charge < -0.3 is 4.74 Å². The zero-order valence-electron chi connectivity index (χ0n) is 11.1. The molecule has 0 N–H and O–H groups in total. The van der Waals surface area contributed by atoms with Gasteiger partial charge in [-0.25, -0.2) is 4.79 Å². The fourth-order valence-corrected chi connectivity index (χ4v) is 1.62. The Bertz CT molecular complexity index is 358. The molecule has 1 rings (SSSR count). The van der Waals surface area contributed by atoms with Crippen LogP contribution >= 0.6 is 0 Å². The van der Waals surface area contributed by atoms with Crippen LogP contribution < -0.4 is 0 Å². The van der Waals surface area contributed by atoms with Crippen LogP contribution in [0.2, 0.25) is 0 Å². The molecule has 0 aromatic rings. The van der Waals surface area contributed by atoms with Gasteiger partial charge in [-0.05, 0) is 31.1 Å². The summed E-state index contributed by atoms with van der Waals surface area (Å²) in [4.78, 5) is 11.4. The highest BCUT2D eigenvalue weighted by Gasteiger charge is 2.53. The second-order valence-corrected chi connectivity index (χ2v) is 5.66. The average Bonchev–Trinajstić information content (AvgIpc) is 2.81. The van der Waals surface area contributed by atoms with Gasteiger partial charge in [0.25, 0.3) is 0 Å². The minimum absolute atomic E-state index is 0.148. The van der Waals surface area contributed by atoms with Gasteiger partial charge in [0, 0.05) is 6.08 Å². The molecule has 0 spiro atoms. The predicted octanol–water partition coefficient (Wildman–Crippen LogP) is 3.86. The molecule has 1 fully saturated rings. The molecule has 0 aromatic carbocycles. The molecule has 0 heterocycles. The summed E-state index contributed by atoms with van der Waals surface area (Å²) in [5.41, 5.74) is -2.26. The third-order valence-corrected chi connectivity index (χ3v) is 3.65. The van der Waals surface area contributed by atoms with Gasteiger partial charge in [0.2, 0.25) is 5.60 Å². The van der Waals surface area contributed by atoms with Gasteiger partial charge in [-0.1, -0.05) is 26.8 Å². The first kappa shape index (κ1) is 15.1. The van der Waals surface area contributed by atoms with Crippen LogP contribution in [-0.4, -0.2) is 17.7 Å². The molecule has 5 heteroatoms. The normalized spacial score (nSPS) is 25.8. The SMILES string of the molecule is CCC(C)(OC(=O)/C=C\C1CC1(C)C)C(F)(F)F. The molecule has 2 nitrogen and oxygen atoms in total. The molecule has 0 aliphatic heterocycles. The van der Waals surface area contributed by atoms with Crippen molar-refractivity contribution in [1.29, 1.82) is 0 Å². The molecule has 1 aliphatic rings. The maximum atomic E-state index is 12.7. The summed E-state index contributed by atoms with van der Waals surface area (Å²) < 4.78 is 42.6. The maximum Gasteiger partial charge on any atom is 0.428 e. The molecule has 0 saturated heterocycles. The van der Waals surface area contributed by atoms with Crippen LogP contribution in [0.5, 0.6) is 0 Å². The van der Waals surface area contributed by atoms with E-state index in [1.165, 1.54) is 6.92 Å². The Balaban J connectivity index is 2.59. The summed E-state index contributed by atoms with van der Waals surface area (Å²) in [5.74, 6) is -0.678. The maximum absolute atomic E-state index is 12.7. The van der Waals surface area contributed by atoms with Crippen LogP contribution in [0, 0.1) is 11.3 Å². The zero-order chi connectivity index (χ0) is 14.2. The Morgan fingerprint density at radius 2 is 1.94 bits per heavy atom. The zero-order valence-corrected chi connectivity index (χ0v) is 11.1. The standard InChI is InChI=1S/C13H19F3O2/c1-5-12(4,13(14,15)16)18-10(17)7-6-9-8-11(9,2)3/h6-7,9H,5,8H2,1-4H3/b7-6-. The third-order valence-electron chi connectivity index (χ3n) is 3.65. The number of carbonyl (C=O) groups is 1. The summed E-state index contributed by atoms with van der Waals surface area (Å²) in [6, 6.07) is 0. The Morgan fingerprint density at radius 1 is 1.44 bits per heavy atom. The van der Waals surface area contributed by atoms with Gasteiger partial charge in [0.1, 0.15) is 0 Å². The van der Waals surface area contributed by atoms with Crippen LogP contribution in [0.1, 0.15) is 40.5 Å². The van der Waals surface area contributed by atoms with Crippen LogP contribution in [0.4, 0.5) is 13.2 Å². The first-order chi connectivity index (χ1) is 8.02. The van der Waals surface area contributed by atoms with E-state index < -0.39 is 17.7 Å². The van der Waals surface area contributed by atoms with E-state index in [0.29, 0.717) is 0 Å². The highest BCUT2D eigenvalue weighted by molar-refractivity contribution is 5.82. The van der Waals surface area contributed by atoms with E-state index in [1.807, 2.05) is 13.8 Å². The van der Waals surface area contributed by atoms with Crippen LogP contribution in [0.3, 0.4) is 0 Å². The summed E-state index contributed by atoms with van der Waals surface area (Å²) >= 11 is 0. The Hall–Kier alpha value is -1.00. The molecule has 0 bridgehead atoms. The van der Waals surface area contributed by atoms with Gasteiger partial charge in [-0.2, -0.15) is 13.2 Å². The smallest absolute Gasteiger partial charge is 0.428 e. The molecule has 1 saturated carbocycles. The second-order valence-electron chi connectivity index (χ2n) is 5.66. The Labute approximate surface area is 105 Å². The number of esters is 1. The lowest BCUT2D eigenvalue weighted by Gasteiger charge is -2.29. The van der Waals surface area contributed by atoms with Gasteiger partial charge in [0.15, 0.2) is 0 Å². The number of hydrogen-bond donors (Lipinski definition) is 0. The van der Waals surface area contributed by atoms with E-state index in [1.54, 1.807) is 6.08 Å². The Kier molecular flexibility index (Phi) is 3.84. The van der Waals surface area contributed by atoms with Gasteiger partial charge in [-0.3, -0.25) is 0 Å². The van der Waals surface area contributed by atoms with E-state index in [9.17, 15) is 18.0 Å². The topological polar surface area (TPSA) is 26.3 Å². The van der Waals surface area contributed by atoms with Crippen molar-refractivity contribution in [3.8, 4) is 0 Å². The molecular weight excluding hydrogens is 245 g/mol. The van der Waals surface area contributed by atoms with E-state index in [-0.39, 0.29) is 17.8 Å². The average molecular weight is 264 g/mol. The molecule has 2 unspecified atom stereocenters. The number of hydrogen-bond acceptors (Lipinski definition) is 2. The van der Waals surface area contributed by atoms with E-state index >= 15 is 0 Å². The summed E-state index contributed by atoms with van der Waals surface area (Å²) in [6.45, 7) is 6.31. The van der Waals surface area contributed by atoms with Crippen LogP contribution in [0.25, 0.3) is 0 Å². The van der Waals surface area contributed by atoms with Crippen molar-refractivity contribution < 1.29 is 22.7 Å². The van der Waals surface area contributed by atoms with Gasteiger partial charge >= 0.3 is 12.1 Å². The lowest BCUT2D eigenvalue weighted by atomic mass is 10.0. The largest absolute Gasteiger partial charge is 0.447 e. The molecule has 104 valence electrons. The van der Waals surface area contributed by atoms with Crippen molar-refractivity contribution in [3.05, 3.63) is 12.2 Å². The number of ether oxygens (including phenoxy) is 1. The first-order valence-corrected chi connectivity index (χ1v) is 6.00. The van der Waals surface area contributed by atoms with Gasteiger partial charge in [-0.15, -0.1) is 0 Å². The molecular formula is C13H19F3O2. The van der Waals surface area contributed by atoms with E-state index in [2.05, 4.69) is 4.74 Å². The molecule has 0 aromatic heterocycles. The van der Waals surface area contributed by atoms with Crippen molar-refractivity contribution >= 4 is 5.97 Å². The summed E-state index contributed by atoms with van der Waals surface area (Å²) in [6.07, 6.45) is -1.16. The minimum atomic E-state index is -4.55. The summed E-state index contributed by atoms with van der Waals surface area (Å²) in [7, 11) is 0. The van der Waals surface area contributed by atoms with Crippen molar-refractivity contribution in [2.45, 2.75) is 52.3 Å². The minimum Gasteiger partial charge on any atom is -0.447 e. The third kappa shape index (κ3) is 3.27. The van der Waals surface area contributed by atoms with E-state index in [4.69, 9.17) is 0 Å². The molecule has 0 amide bonds. The fourth-order valence-electron chi connectivity index (χ4n) is 1.62. The number of alkyl halides is 3. The van der Waals surface area contributed by atoms with Crippen molar-refractivity contribution in [2.24, 2.45) is 11.3 Å². The molecule has 1 aliphatic carbocycles. The molecule has 0 radical (unpaired) electrons. The molecule has 2 atom stereocenters. The van der Waals surface area contributed by atoms with Crippen molar-refractivity contribution in [1.82, 2.24) is 0 Å². The number of allylic oxidation sites excluding steroid dienone is 1. The number of rotatable bonds is 4. The fraction of sp³-hybridized carbons (Fsp3) is 0.769. The monoisotopic (exact) mass is 264 g/mol. The van der Waals surface area contributed by atoms with E-state index in [0.717, 1.165) is 19.4 Å². The quantitative estimate of drug-likeness (QED) is 0.569. The first-order valence-electron chi connectivity index (χ1n) is 6.00. The van der Waals surface area contributed by atoms with Crippen molar-refractivity contribution in [3.63, 3.8) is 0 Å².